The summed E-state index contributed by atoms with van der Waals surface area (Å²) >= 11 is 1.63. The van der Waals surface area contributed by atoms with E-state index < -0.39 is 0 Å². The van der Waals surface area contributed by atoms with E-state index in [-0.39, 0.29) is 5.91 Å². The third kappa shape index (κ3) is 4.00. The van der Waals surface area contributed by atoms with Crippen LogP contribution < -0.4 is 5.32 Å². The summed E-state index contributed by atoms with van der Waals surface area (Å²) in [5.41, 5.74) is 5.42. The predicted octanol–water partition coefficient (Wildman–Crippen LogP) is 5.68. The number of carbonyl (C=O) groups is 1. The third-order valence-electron chi connectivity index (χ3n) is 3.78. The molecule has 0 aliphatic rings. The number of anilines is 1. The molecule has 2 aromatic carbocycles. The van der Waals surface area contributed by atoms with Crippen molar-refractivity contribution in [2.45, 2.75) is 13.8 Å². The van der Waals surface area contributed by atoms with Crippen LogP contribution >= 0.6 is 11.3 Å². The van der Waals surface area contributed by atoms with Crippen molar-refractivity contribution in [2.75, 3.05) is 5.32 Å². The minimum Gasteiger partial charge on any atom is -0.322 e. The molecule has 0 aliphatic heterocycles. The van der Waals surface area contributed by atoms with Gasteiger partial charge in [0.1, 0.15) is 0 Å². The van der Waals surface area contributed by atoms with Crippen molar-refractivity contribution >= 4 is 29.0 Å². The smallest absolute Gasteiger partial charge is 0.248 e. The lowest BCUT2D eigenvalue weighted by Crippen LogP contribution is -2.08. The Morgan fingerprint density at radius 1 is 1.00 bits per heavy atom. The Labute approximate surface area is 146 Å². The lowest BCUT2D eigenvalue weighted by molar-refractivity contribution is -0.111. The van der Waals surface area contributed by atoms with Crippen molar-refractivity contribution in [3.63, 3.8) is 0 Å². The average Bonchev–Trinajstić information content (AvgIpc) is 3.06. The minimum absolute atomic E-state index is 0.113. The Kier molecular flexibility index (Phi) is 4.92. The molecule has 0 atom stereocenters. The zero-order valence-electron chi connectivity index (χ0n) is 13.7. The van der Waals surface area contributed by atoms with Gasteiger partial charge >= 0.3 is 0 Å². The van der Waals surface area contributed by atoms with Crippen LogP contribution in [0, 0.1) is 13.8 Å². The molecule has 3 heteroatoms. The van der Waals surface area contributed by atoms with Gasteiger partial charge in [0.15, 0.2) is 0 Å². The van der Waals surface area contributed by atoms with Crippen LogP contribution in [0.3, 0.4) is 0 Å². The van der Waals surface area contributed by atoms with Gasteiger partial charge in [0.25, 0.3) is 0 Å². The zero-order valence-corrected chi connectivity index (χ0v) is 14.6. The van der Waals surface area contributed by atoms with E-state index in [4.69, 9.17) is 0 Å². The van der Waals surface area contributed by atoms with Gasteiger partial charge in [-0.25, -0.2) is 0 Å². The maximum Gasteiger partial charge on any atom is 0.248 e. The summed E-state index contributed by atoms with van der Waals surface area (Å²) in [5.74, 6) is -0.113. The maximum absolute atomic E-state index is 12.1. The molecule has 2 nitrogen and oxygen atoms in total. The van der Waals surface area contributed by atoms with Crippen molar-refractivity contribution in [3.05, 3.63) is 82.1 Å². The molecule has 0 unspecified atom stereocenters. The molecule has 0 saturated heterocycles. The standard InChI is InChI=1S/C21H19NOS/c1-15-8-9-16(2)20(12-15)22-21(23)11-10-19-13-18(14-24-19)17-6-4-3-5-7-17/h3-14H,1-2H3,(H,22,23)/b11-10+. The highest BCUT2D eigenvalue weighted by Crippen LogP contribution is 2.26. The molecule has 3 rings (SSSR count). The Bertz CT molecular complexity index is 878. The zero-order chi connectivity index (χ0) is 16.9. The van der Waals surface area contributed by atoms with Crippen molar-refractivity contribution in [2.24, 2.45) is 0 Å². The number of carbonyl (C=O) groups excluding carboxylic acids is 1. The molecular weight excluding hydrogens is 314 g/mol. The molecule has 0 saturated carbocycles. The molecule has 0 bridgehead atoms. The SMILES string of the molecule is Cc1ccc(C)c(NC(=O)/C=C/c2cc(-c3ccccc3)cs2)c1. The fraction of sp³-hybridized carbons (Fsp3) is 0.0952. The van der Waals surface area contributed by atoms with Crippen molar-refractivity contribution in [1.29, 1.82) is 0 Å². The van der Waals surface area contributed by atoms with Gasteiger partial charge in [0, 0.05) is 16.6 Å². The lowest BCUT2D eigenvalue weighted by atomic mass is 10.1. The summed E-state index contributed by atoms with van der Waals surface area (Å²) in [6.45, 7) is 4.01. The van der Waals surface area contributed by atoms with Crippen LogP contribution in [0.4, 0.5) is 5.69 Å². The van der Waals surface area contributed by atoms with Crippen LogP contribution in [0.25, 0.3) is 17.2 Å². The normalized spacial score (nSPS) is 10.9. The van der Waals surface area contributed by atoms with E-state index in [2.05, 4.69) is 28.9 Å². The second kappa shape index (κ2) is 7.28. The molecule has 1 N–H and O–H groups in total. The monoisotopic (exact) mass is 333 g/mol. The van der Waals surface area contributed by atoms with Crippen LogP contribution in [0.5, 0.6) is 0 Å². The van der Waals surface area contributed by atoms with Gasteiger partial charge < -0.3 is 5.32 Å². The number of thiophene rings is 1. The van der Waals surface area contributed by atoms with Crippen molar-refractivity contribution < 1.29 is 4.79 Å². The average molecular weight is 333 g/mol. The van der Waals surface area contributed by atoms with Crippen LogP contribution in [0.15, 0.2) is 66.1 Å². The van der Waals surface area contributed by atoms with Gasteiger partial charge in [-0.3, -0.25) is 4.79 Å². The second-order valence-electron chi connectivity index (χ2n) is 5.74. The fourth-order valence-corrected chi connectivity index (χ4v) is 3.23. The molecular formula is C21H19NOS. The van der Waals surface area contributed by atoms with E-state index in [1.165, 1.54) is 11.1 Å². The van der Waals surface area contributed by atoms with E-state index in [1.807, 2.05) is 56.3 Å². The van der Waals surface area contributed by atoms with Gasteiger partial charge in [-0.1, -0.05) is 42.5 Å². The first-order chi connectivity index (χ1) is 11.6. The second-order valence-corrected chi connectivity index (χ2v) is 6.69. The van der Waals surface area contributed by atoms with Gasteiger partial charge in [-0.15, -0.1) is 11.3 Å². The van der Waals surface area contributed by atoms with Gasteiger partial charge in [0.2, 0.25) is 5.91 Å². The number of amides is 1. The Morgan fingerprint density at radius 2 is 1.79 bits per heavy atom. The van der Waals surface area contributed by atoms with Gasteiger partial charge in [-0.2, -0.15) is 0 Å². The van der Waals surface area contributed by atoms with E-state index in [0.717, 1.165) is 21.7 Å². The highest BCUT2D eigenvalue weighted by Gasteiger charge is 2.03. The molecule has 0 radical (unpaired) electrons. The molecule has 1 heterocycles. The first-order valence-electron chi connectivity index (χ1n) is 7.82. The topological polar surface area (TPSA) is 29.1 Å². The lowest BCUT2D eigenvalue weighted by Gasteiger charge is -2.07. The molecule has 24 heavy (non-hydrogen) atoms. The fourth-order valence-electron chi connectivity index (χ4n) is 2.42. The molecule has 0 spiro atoms. The van der Waals surface area contributed by atoms with Gasteiger partial charge in [0.05, 0.1) is 0 Å². The molecule has 0 aliphatic carbocycles. The van der Waals surface area contributed by atoms with E-state index in [9.17, 15) is 4.79 Å². The number of nitrogens with one attached hydrogen (secondary N) is 1. The maximum atomic E-state index is 12.1. The molecule has 1 amide bonds. The first kappa shape index (κ1) is 16.2. The summed E-state index contributed by atoms with van der Waals surface area (Å²) in [7, 11) is 0. The molecule has 1 aromatic heterocycles. The molecule has 120 valence electrons. The van der Waals surface area contributed by atoms with Crippen LogP contribution in [-0.2, 0) is 4.79 Å². The first-order valence-corrected chi connectivity index (χ1v) is 8.70. The summed E-state index contributed by atoms with van der Waals surface area (Å²) in [6, 6.07) is 18.4. The predicted molar refractivity (Wildman–Crippen MR) is 103 cm³/mol. The van der Waals surface area contributed by atoms with Crippen LogP contribution in [0.2, 0.25) is 0 Å². The molecule has 3 aromatic rings. The van der Waals surface area contributed by atoms with E-state index in [1.54, 1.807) is 17.4 Å². The third-order valence-corrected chi connectivity index (χ3v) is 4.67. The van der Waals surface area contributed by atoms with E-state index in [0.29, 0.717) is 0 Å². The number of hydrogen-bond donors (Lipinski definition) is 1. The quantitative estimate of drug-likeness (QED) is 0.611. The summed E-state index contributed by atoms with van der Waals surface area (Å²) < 4.78 is 0. The van der Waals surface area contributed by atoms with Crippen molar-refractivity contribution in [1.82, 2.24) is 0 Å². The van der Waals surface area contributed by atoms with Crippen molar-refractivity contribution in [3.8, 4) is 11.1 Å². The number of benzene rings is 2. The summed E-state index contributed by atoms with van der Waals surface area (Å²) in [6.07, 6.45) is 3.44. The summed E-state index contributed by atoms with van der Waals surface area (Å²) in [5, 5.41) is 5.05. The number of aryl methyl sites for hydroxylation is 2. The number of rotatable bonds is 4. The largest absolute Gasteiger partial charge is 0.322 e. The van der Waals surface area contributed by atoms with Crippen LogP contribution in [0.1, 0.15) is 16.0 Å². The molecule has 0 fully saturated rings. The van der Waals surface area contributed by atoms with Gasteiger partial charge in [-0.05, 0) is 59.7 Å². The summed E-state index contributed by atoms with van der Waals surface area (Å²) in [4.78, 5) is 13.2. The van der Waals surface area contributed by atoms with E-state index >= 15 is 0 Å². The Morgan fingerprint density at radius 3 is 2.58 bits per heavy atom. The Hall–Kier alpha value is -2.65. The minimum atomic E-state index is -0.113. The Balaban J connectivity index is 1.69. The van der Waals surface area contributed by atoms with Crippen LogP contribution in [-0.4, -0.2) is 5.91 Å². The highest BCUT2D eigenvalue weighted by atomic mass is 32.1. The highest BCUT2D eigenvalue weighted by molar-refractivity contribution is 7.11. The number of hydrogen-bond acceptors (Lipinski definition) is 2.